The van der Waals surface area contributed by atoms with Crippen molar-refractivity contribution in [3.05, 3.63) is 12.1 Å². The van der Waals surface area contributed by atoms with Gasteiger partial charge >= 0.3 is 0 Å². The highest BCUT2D eigenvalue weighted by Gasteiger charge is 2.12. The van der Waals surface area contributed by atoms with Crippen molar-refractivity contribution in [1.82, 2.24) is 10.3 Å². The zero-order valence-corrected chi connectivity index (χ0v) is 8.97. The van der Waals surface area contributed by atoms with Gasteiger partial charge in [-0.05, 0) is 28.9 Å². The highest BCUT2D eigenvalue weighted by atomic mass is 16.6. The van der Waals surface area contributed by atoms with E-state index in [4.69, 9.17) is 10.8 Å². The molecule has 1 atom stereocenters. The molecular weight excluding hydrogens is 208 g/mol. The molecule has 6 nitrogen and oxygen atoms in total. The first kappa shape index (κ1) is 10.7. The van der Waals surface area contributed by atoms with Gasteiger partial charge in [-0.1, -0.05) is 6.92 Å². The summed E-state index contributed by atoms with van der Waals surface area (Å²) in [4.78, 5) is 0. The smallest absolute Gasteiger partial charge is 0.160 e. The first-order valence-corrected chi connectivity index (χ1v) is 5.14. The van der Waals surface area contributed by atoms with E-state index in [1.54, 1.807) is 12.1 Å². The maximum atomic E-state index is 9.12. The molecule has 1 unspecified atom stereocenters. The lowest BCUT2D eigenvalue weighted by Gasteiger charge is -2.15. The minimum Gasteiger partial charge on any atom is -0.397 e. The first-order chi connectivity index (χ1) is 7.76. The van der Waals surface area contributed by atoms with E-state index in [9.17, 15) is 0 Å². The molecule has 2 rings (SSSR count). The van der Waals surface area contributed by atoms with E-state index in [1.165, 1.54) is 0 Å². The molecule has 0 aliphatic heterocycles. The van der Waals surface area contributed by atoms with E-state index >= 15 is 0 Å². The number of nitrogen functional groups attached to an aromatic ring is 1. The standard InChI is InChI=1S/C10H14N4O2/c1-2-6(5-15)12-8-4-3-7(11)9-10(8)14-16-13-9/h3-4,6,12,15H,2,5,11H2,1H3. The molecule has 0 aliphatic carbocycles. The number of hydrogen-bond donors (Lipinski definition) is 3. The van der Waals surface area contributed by atoms with Crippen LogP contribution in [0.5, 0.6) is 0 Å². The number of nitrogens with two attached hydrogens (primary N) is 1. The fraction of sp³-hybridized carbons (Fsp3) is 0.400. The summed E-state index contributed by atoms with van der Waals surface area (Å²) in [6.45, 7) is 2.05. The van der Waals surface area contributed by atoms with Crippen molar-refractivity contribution < 1.29 is 9.74 Å². The normalized spacial score (nSPS) is 12.9. The second-order valence-electron chi connectivity index (χ2n) is 3.60. The Labute approximate surface area is 92.4 Å². The van der Waals surface area contributed by atoms with Gasteiger partial charge in [0.25, 0.3) is 0 Å². The average Bonchev–Trinajstić information content (AvgIpc) is 2.78. The number of aliphatic hydroxyl groups is 1. The average molecular weight is 222 g/mol. The highest BCUT2D eigenvalue weighted by Crippen LogP contribution is 2.25. The van der Waals surface area contributed by atoms with Gasteiger partial charge in [0.05, 0.1) is 18.0 Å². The van der Waals surface area contributed by atoms with Crippen molar-refractivity contribution in [1.29, 1.82) is 0 Å². The molecule has 6 heteroatoms. The largest absolute Gasteiger partial charge is 0.397 e. The van der Waals surface area contributed by atoms with E-state index in [2.05, 4.69) is 20.3 Å². The number of fused-ring (bicyclic) bond motifs is 1. The van der Waals surface area contributed by atoms with Gasteiger partial charge in [-0.3, -0.25) is 0 Å². The van der Waals surface area contributed by atoms with Gasteiger partial charge in [0.15, 0.2) is 11.0 Å². The molecule has 0 saturated carbocycles. The Kier molecular flexibility index (Phi) is 2.91. The topological polar surface area (TPSA) is 97.2 Å². The molecule has 1 heterocycles. The van der Waals surface area contributed by atoms with E-state index < -0.39 is 0 Å². The summed E-state index contributed by atoms with van der Waals surface area (Å²) >= 11 is 0. The molecule has 0 fully saturated rings. The SMILES string of the molecule is CCC(CO)Nc1ccc(N)c2nonc12. The number of aliphatic hydroxyl groups excluding tert-OH is 1. The second-order valence-corrected chi connectivity index (χ2v) is 3.60. The molecule has 0 spiro atoms. The van der Waals surface area contributed by atoms with Crippen LogP contribution in [0.25, 0.3) is 11.0 Å². The molecule has 0 aliphatic rings. The predicted molar refractivity (Wildman–Crippen MR) is 61.0 cm³/mol. The van der Waals surface area contributed by atoms with Crippen LogP contribution in [-0.4, -0.2) is 28.1 Å². The lowest BCUT2D eigenvalue weighted by atomic mass is 10.2. The van der Waals surface area contributed by atoms with E-state index in [0.29, 0.717) is 16.7 Å². The minimum absolute atomic E-state index is 0.0106. The van der Waals surface area contributed by atoms with Gasteiger partial charge < -0.3 is 16.2 Å². The molecule has 0 amide bonds. The number of aromatic nitrogens is 2. The molecule has 86 valence electrons. The number of nitrogens with zero attached hydrogens (tertiary/aromatic N) is 2. The Morgan fingerprint density at radius 1 is 1.44 bits per heavy atom. The van der Waals surface area contributed by atoms with Crippen LogP contribution in [0, 0.1) is 0 Å². The molecular formula is C10H14N4O2. The Bertz CT molecular complexity index is 479. The fourth-order valence-corrected chi connectivity index (χ4v) is 1.50. The summed E-state index contributed by atoms with van der Waals surface area (Å²) in [5.74, 6) is 0. The van der Waals surface area contributed by atoms with Crippen LogP contribution in [0.3, 0.4) is 0 Å². The maximum absolute atomic E-state index is 9.12. The molecule has 1 aromatic carbocycles. The number of rotatable bonds is 4. The maximum Gasteiger partial charge on any atom is 0.160 e. The van der Waals surface area contributed by atoms with Crippen LogP contribution in [0.1, 0.15) is 13.3 Å². The van der Waals surface area contributed by atoms with Crippen molar-refractivity contribution in [2.24, 2.45) is 0 Å². The zero-order valence-electron chi connectivity index (χ0n) is 8.97. The van der Waals surface area contributed by atoms with Gasteiger partial charge in [-0.2, -0.15) is 0 Å². The third-order valence-electron chi connectivity index (χ3n) is 2.52. The van der Waals surface area contributed by atoms with Crippen molar-refractivity contribution >= 4 is 22.4 Å². The number of benzene rings is 1. The molecule has 16 heavy (non-hydrogen) atoms. The van der Waals surface area contributed by atoms with E-state index in [0.717, 1.165) is 12.1 Å². The summed E-state index contributed by atoms with van der Waals surface area (Å²) in [5, 5.41) is 19.8. The van der Waals surface area contributed by atoms with Crippen LogP contribution >= 0.6 is 0 Å². The van der Waals surface area contributed by atoms with Gasteiger partial charge in [-0.25, -0.2) is 4.63 Å². The minimum atomic E-state index is -0.0106. The van der Waals surface area contributed by atoms with Crippen LogP contribution in [0.2, 0.25) is 0 Å². The summed E-state index contributed by atoms with van der Waals surface area (Å²) in [6.07, 6.45) is 0.813. The molecule has 0 saturated heterocycles. The summed E-state index contributed by atoms with van der Waals surface area (Å²) < 4.78 is 4.65. The Hall–Kier alpha value is -1.82. The third kappa shape index (κ3) is 1.79. The quantitative estimate of drug-likeness (QED) is 0.667. The lowest BCUT2D eigenvalue weighted by Crippen LogP contribution is -2.22. The molecule has 4 N–H and O–H groups in total. The van der Waals surface area contributed by atoms with Gasteiger partial charge in [0.1, 0.15) is 0 Å². The summed E-state index contributed by atoms with van der Waals surface area (Å²) in [5.41, 5.74) is 8.15. The van der Waals surface area contributed by atoms with Crippen LogP contribution in [-0.2, 0) is 0 Å². The van der Waals surface area contributed by atoms with Crippen molar-refractivity contribution in [2.75, 3.05) is 17.7 Å². The molecule has 2 aromatic rings. The van der Waals surface area contributed by atoms with Crippen LogP contribution < -0.4 is 11.1 Å². The lowest BCUT2D eigenvalue weighted by molar-refractivity contribution is 0.272. The monoisotopic (exact) mass is 222 g/mol. The van der Waals surface area contributed by atoms with Crippen molar-refractivity contribution in [3.63, 3.8) is 0 Å². The third-order valence-corrected chi connectivity index (χ3v) is 2.52. The number of nitrogens with one attached hydrogen (secondary N) is 1. The predicted octanol–water partition coefficient (Wildman–Crippen LogP) is 0.988. The fourth-order valence-electron chi connectivity index (χ4n) is 1.50. The Morgan fingerprint density at radius 3 is 2.88 bits per heavy atom. The van der Waals surface area contributed by atoms with E-state index in [-0.39, 0.29) is 12.6 Å². The van der Waals surface area contributed by atoms with Crippen molar-refractivity contribution in [3.8, 4) is 0 Å². The van der Waals surface area contributed by atoms with Gasteiger partial charge in [-0.15, -0.1) is 0 Å². The Balaban J connectivity index is 2.37. The Morgan fingerprint density at radius 2 is 2.19 bits per heavy atom. The second kappa shape index (κ2) is 4.36. The molecule has 0 radical (unpaired) electrons. The van der Waals surface area contributed by atoms with E-state index in [1.807, 2.05) is 6.92 Å². The van der Waals surface area contributed by atoms with Crippen LogP contribution in [0.4, 0.5) is 11.4 Å². The van der Waals surface area contributed by atoms with Gasteiger partial charge in [0.2, 0.25) is 0 Å². The van der Waals surface area contributed by atoms with Crippen molar-refractivity contribution in [2.45, 2.75) is 19.4 Å². The van der Waals surface area contributed by atoms with Gasteiger partial charge in [0, 0.05) is 6.04 Å². The molecule has 1 aromatic heterocycles. The highest BCUT2D eigenvalue weighted by molar-refractivity contribution is 5.95. The molecule has 0 bridgehead atoms. The summed E-state index contributed by atoms with van der Waals surface area (Å²) in [7, 11) is 0. The number of anilines is 2. The number of hydrogen-bond acceptors (Lipinski definition) is 6. The van der Waals surface area contributed by atoms with Crippen LogP contribution in [0.15, 0.2) is 16.8 Å². The summed E-state index contributed by atoms with van der Waals surface area (Å²) in [6, 6.07) is 3.53. The zero-order chi connectivity index (χ0) is 11.5. The first-order valence-electron chi connectivity index (χ1n) is 5.14.